The van der Waals surface area contributed by atoms with Crippen molar-refractivity contribution in [3.05, 3.63) is 48.0 Å². The number of aryl methyl sites for hydroxylation is 1. The fourth-order valence-corrected chi connectivity index (χ4v) is 2.46. The van der Waals surface area contributed by atoms with Crippen LogP contribution >= 0.6 is 0 Å². The number of likely N-dealkylation sites (N-methyl/N-ethyl adjacent to an activating group) is 1. The lowest BCUT2D eigenvalue weighted by Gasteiger charge is -2.15. The number of carbonyl (C=O) groups is 1. The Hall–Kier alpha value is -2.80. The van der Waals surface area contributed by atoms with Crippen LogP contribution in [0.2, 0.25) is 0 Å². The molecule has 0 saturated heterocycles. The van der Waals surface area contributed by atoms with E-state index in [1.54, 1.807) is 17.1 Å². The largest absolute Gasteiger partial charge is 0.322 e. The van der Waals surface area contributed by atoms with Crippen LogP contribution in [0.1, 0.15) is 11.4 Å². The molecule has 2 aromatic heterocycles. The van der Waals surface area contributed by atoms with Gasteiger partial charge in [0, 0.05) is 13.6 Å². The summed E-state index contributed by atoms with van der Waals surface area (Å²) in [7, 11) is 3.72. The van der Waals surface area contributed by atoms with Crippen LogP contribution in [-0.2, 0) is 18.4 Å². The molecule has 3 aromatic rings. The van der Waals surface area contributed by atoms with Crippen LogP contribution in [0.3, 0.4) is 0 Å². The minimum Gasteiger partial charge on any atom is -0.322 e. The molecular formula is C17H20N6O. The molecule has 3 rings (SSSR count). The Morgan fingerprint density at radius 2 is 2.00 bits per heavy atom. The van der Waals surface area contributed by atoms with Crippen molar-refractivity contribution in [1.82, 2.24) is 24.6 Å². The summed E-state index contributed by atoms with van der Waals surface area (Å²) < 4.78 is 1.73. The maximum Gasteiger partial charge on any atom is 0.238 e. The normalized spacial score (nSPS) is 11.2. The lowest BCUT2D eigenvalue weighted by molar-refractivity contribution is -0.117. The number of hydrogen-bond donors (Lipinski definition) is 1. The maximum atomic E-state index is 12.2. The van der Waals surface area contributed by atoms with Crippen LogP contribution < -0.4 is 5.32 Å². The van der Waals surface area contributed by atoms with Gasteiger partial charge in [-0.15, -0.1) is 0 Å². The Labute approximate surface area is 140 Å². The van der Waals surface area contributed by atoms with Crippen LogP contribution in [-0.4, -0.2) is 44.1 Å². The van der Waals surface area contributed by atoms with E-state index in [2.05, 4.69) is 20.4 Å². The summed E-state index contributed by atoms with van der Waals surface area (Å²) in [6.45, 7) is 2.73. The molecule has 0 aliphatic heterocycles. The first-order valence-electron chi connectivity index (χ1n) is 7.70. The molecule has 0 aliphatic carbocycles. The number of aromatic nitrogens is 4. The van der Waals surface area contributed by atoms with Crippen LogP contribution in [0.4, 0.5) is 5.69 Å². The molecule has 1 N–H and O–H groups in total. The predicted molar refractivity (Wildman–Crippen MR) is 92.4 cm³/mol. The van der Waals surface area contributed by atoms with Gasteiger partial charge in [-0.3, -0.25) is 19.4 Å². The quantitative estimate of drug-likeness (QED) is 0.774. The monoisotopic (exact) mass is 324 g/mol. The Kier molecular flexibility index (Phi) is 4.52. The third kappa shape index (κ3) is 3.57. The van der Waals surface area contributed by atoms with Crippen LogP contribution in [0.15, 0.2) is 36.7 Å². The summed E-state index contributed by atoms with van der Waals surface area (Å²) in [5.74, 6) is -0.0812. The second-order valence-electron chi connectivity index (χ2n) is 5.84. The van der Waals surface area contributed by atoms with E-state index >= 15 is 0 Å². The van der Waals surface area contributed by atoms with Crippen LogP contribution in [0.5, 0.6) is 0 Å². The third-order valence-corrected chi connectivity index (χ3v) is 3.85. The molecule has 0 fully saturated rings. The van der Waals surface area contributed by atoms with Crippen LogP contribution in [0.25, 0.3) is 11.0 Å². The molecule has 0 aliphatic rings. The third-order valence-electron chi connectivity index (χ3n) is 3.85. The lowest BCUT2D eigenvalue weighted by Crippen LogP contribution is -2.30. The lowest BCUT2D eigenvalue weighted by atomic mass is 10.3. The van der Waals surface area contributed by atoms with Crippen molar-refractivity contribution in [3.8, 4) is 0 Å². The van der Waals surface area contributed by atoms with Gasteiger partial charge in [0.05, 0.1) is 47.0 Å². The van der Waals surface area contributed by atoms with Gasteiger partial charge >= 0.3 is 0 Å². The number of fused-ring (bicyclic) bond motifs is 1. The van der Waals surface area contributed by atoms with E-state index < -0.39 is 0 Å². The van der Waals surface area contributed by atoms with E-state index in [4.69, 9.17) is 0 Å². The van der Waals surface area contributed by atoms with Crippen molar-refractivity contribution in [1.29, 1.82) is 0 Å². The molecule has 7 nitrogen and oxygen atoms in total. The molecule has 2 heterocycles. The number of hydrogen-bond acceptors (Lipinski definition) is 5. The van der Waals surface area contributed by atoms with Crippen molar-refractivity contribution in [3.63, 3.8) is 0 Å². The van der Waals surface area contributed by atoms with E-state index in [-0.39, 0.29) is 12.5 Å². The molecule has 0 saturated carbocycles. The second kappa shape index (κ2) is 6.76. The van der Waals surface area contributed by atoms with Crippen LogP contribution in [0, 0.1) is 6.92 Å². The molecule has 124 valence electrons. The summed E-state index contributed by atoms with van der Waals surface area (Å²) in [4.78, 5) is 23.0. The Morgan fingerprint density at radius 1 is 1.25 bits per heavy atom. The van der Waals surface area contributed by atoms with Gasteiger partial charge in [-0.1, -0.05) is 12.1 Å². The fourth-order valence-electron chi connectivity index (χ4n) is 2.46. The number of carbonyl (C=O) groups excluding carboxylic acids is 1. The van der Waals surface area contributed by atoms with Crippen molar-refractivity contribution in [2.75, 3.05) is 18.9 Å². The molecule has 0 spiro atoms. The van der Waals surface area contributed by atoms with E-state index in [1.807, 2.05) is 50.2 Å². The number of amides is 1. The summed E-state index contributed by atoms with van der Waals surface area (Å²) in [5, 5.41) is 6.99. The molecule has 1 amide bonds. The Balaban J connectivity index is 1.60. The number of para-hydroxylation sites is 2. The van der Waals surface area contributed by atoms with Gasteiger partial charge in [0.2, 0.25) is 5.91 Å². The second-order valence-corrected chi connectivity index (χ2v) is 5.84. The zero-order chi connectivity index (χ0) is 17.1. The molecule has 0 radical (unpaired) electrons. The summed E-state index contributed by atoms with van der Waals surface area (Å²) in [6.07, 6.45) is 3.41. The maximum absolute atomic E-state index is 12.2. The van der Waals surface area contributed by atoms with Gasteiger partial charge in [0.15, 0.2) is 0 Å². The van der Waals surface area contributed by atoms with Crippen molar-refractivity contribution < 1.29 is 4.79 Å². The minimum atomic E-state index is -0.0812. The predicted octanol–water partition coefficient (Wildman–Crippen LogP) is 1.74. The van der Waals surface area contributed by atoms with E-state index in [1.165, 1.54) is 0 Å². The summed E-state index contributed by atoms with van der Waals surface area (Å²) >= 11 is 0. The summed E-state index contributed by atoms with van der Waals surface area (Å²) in [5.41, 5.74) is 4.22. The number of nitrogens with one attached hydrogen (secondary N) is 1. The zero-order valence-electron chi connectivity index (χ0n) is 14.0. The average Bonchev–Trinajstić information content (AvgIpc) is 2.86. The van der Waals surface area contributed by atoms with Crippen molar-refractivity contribution in [2.45, 2.75) is 13.5 Å². The van der Waals surface area contributed by atoms with Gasteiger partial charge in [0.25, 0.3) is 0 Å². The van der Waals surface area contributed by atoms with Crippen molar-refractivity contribution in [2.24, 2.45) is 7.05 Å². The first-order chi connectivity index (χ1) is 11.5. The Morgan fingerprint density at radius 3 is 2.71 bits per heavy atom. The molecule has 24 heavy (non-hydrogen) atoms. The first kappa shape index (κ1) is 16.1. The zero-order valence-corrected chi connectivity index (χ0v) is 14.0. The molecule has 0 bridgehead atoms. The first-order valence-corrected chi connectivity index (χ1v) is 7.70. The van der Waals surface area contributed by atoms with Gasteiger partial charge in [0.1, 0.15) is 0 Å². The SMILES string of the molecule is Cc1c(NC(=O)CN(C)Cc2cnc3ccccc3n2)cnn1C. The van der Waals surface area contributed by atoms with Gasteiger partial charge in [-0.05, 0) is 26.1 Å². The number of rotatable bonds is 5. The smallest absolute Gasteiger partial charge is 0.238 e. The standard InChI is InChI=1S/C17H20N6O/c1-12-16(9-19-23(12)3)21-17(24)11-22(2)10-13-8-18-14-6-4-5-7-15(14)20-13/h4-9H,10-11H2,1-3H3,(H,21,24). The highest BCUT2D eigenvalue weighted by atomic mass is 16.2. The highest BCUT2D eigenvalue weighted by Crippen LogP contribution is 2.12. The Bertz CT molecular complexity index is 872. The van der Waals surface area contributed by atoms with Gasteiger partial charge < -0.3 is 5.32 Å². The van der Waals surface area contributed by atoms with Gasteiger partial charge in [-0.25, -0.2) is 4.98 Å². The van der Waals surface area contributed by atoms with E-state index in [9.17, 15) is 4.79 Å². The molecule has 0 unspecified atom stereocenters. The number of anilines is 1. The average molecular weight is 324 g/mol. The highest BCUT2D eigenvalue weighted by Gasteiger charge is 2.11. The van der Waals surface area contributed by atoms with Gasteiger partial charge in [-0.2, -0.15) is 5.10 Å². The van der Waals surface area contributed by atoms with E-state index in [0.717, 1.165) is 28.1 Å². The number of benzene rings is 1. The van der Waals surface area contributed by atoms with Crippen molar-refractivity contribution >= 4 is 22.6 Å². The molecule has 1 aromatic carbocycles. The minimum absolute atomic E-state index is 0.0812. The fraction of sp³-hybridized carbons (Fsp3) is 0.294. The van der Waals surface area contributed by atoms with E-state index in [0.29, 0.717) is 6.54 Å². The number of nitrogens with zero attached hydrogens (tertiary/aromatic N) is 5. The molecule has 0 atom stereocenters. The summed E-state index contributed by atoms with van der Waals surface area (Å²) in [6, 6.07) is 7.74. The highest BCUT2D eigenvalue weighted by molar-refractivity contribution is 5.92. The molecule has 7 heteroatoms. The molecular weight excluding hydrogens is 304 g/mol. The topological polar surface area (TPSA) is 75.9 Å².